The van der Waals surface area contributed by atoms with Crippen LogP contribution in [0.5, 0.6) is 0 Å². The number of hydrogen-bond acceptors (Lipinski definition) is 6. The molecule has 3 heterocycles. The molecule has 0 bridgehead atoms. The summed E-state index contributed by atoms with van der Waals surface area (Å²) in [5.74, 6) is -0.216. The van der Waals surface area contributed by atoms with E-state index in [1.54, 1.807) is 18.3 Å². The second kappa shape index (κ2) is 5.73. The van der Waals surface area contributed by atoms with E-state index in [0.717, 1.165) is 21.8 Å². The zero-order chi connectivity index (χ0) is 15.9. The third-order valence-corrected chi connectivity index (χ3v) is 4.43. The largest absolute Gasteiger partial charge is 0.465 e. The first kappa shape index (κ1) is 15.1. The molecule has 0 aliphatic carbocycles. The number of nitrogens with zero attached hydrogens (tertiary/aromatic N) is 3. The summed E-state index contributed by atoms with van der Waals surface area (Å²) in [4.78, 5) is 12.8. The number of hydrazone groups is 1. The first-order valence-electron chi connectivity index (χ1n) is 7.30. The Labute approximate surface area is 132 Å². The Bertz CT molecular complexity index is 732. The number of carbonyl (C=O) groups is 1. The standard InChI is InChI=1S/C15H19N3O3S/c1-4-21-12(19)8-18-15(20)10-7-11-17(5-6-22-11)14(10)13(16-18)9(2)3/h5-7,9,15,20H,4,8H2,1-3H3. The minimum absolute atomic E-state index is 0.0613. The van der Waals surface area contributed by atoms with Gasteiger partial charge in [0.25, 0.3) is 0 Å². The summed E-state index contributed by atoms with van der Waals surface area (Å²) in [5, 5.41) is 18.5. The SMILES string of the molecule is CCOC(=O)CN1N=C(C(C)C)c2c(cc3sccn23)C1O. The van der Waals surface area contributed by atoms with E-state index in [-0.39, 0.29) is 12.5 Å². The summed E-state index contributed by atoms with van der Waals surface area (Å²) in [7, 11) is 0. The molecule has 2 aromatic rings. The number of aliphatic hydroxyl groups excluding tert-OH is 1. The van der Waals surface area contributed by atoms with Gasteiger partial charge in [-0.05, 0) is 18.9 Å². The van der Waals surface area contributed by atoms with Crippen molar-refractivity contribution in [2.75, 3.05) is 13.2 Å². The molecule has 0 aromatic carbocycles. The van der Waals surface area contributed by atoms with Gasteiger partial charge < -0.3 is 14.2 Å². The van der Waals surface area contributed by atoms with Gasteiger partial charge in [0.05, 0.1) is 18.0 Å². The van der Waals surface area contributed by atoms with E-state index in [1.807, 2.05) is 22.0 Å². The van der Waals surface area contributed by atoms with Crippen molar-refractivity contribution in [3.8, 4) is 0 Å². The summed E-state index contributed by atoms with van der Waals surface area (Å²) >= 11 is 1.61. The molecule has 7 heteroatoms. The molecular formula is C15H19N3O3S. The minimum Gasteiger partial charge on any atom is -0.465 e. The highest BCUT2D eigenvalue weighted by molar-refractivity contribution is 7.15. The van der Waals surface area contributed by atoms with Gasteiger partial charge in [-0.2, -0.15) is 5.10 Å². The summed E-state index contributed by atoms with van der Waals surface area (Å²) in [6, 6.07) is 1.96. The zero-order valence-corrected chi connectivity index (χ0v) is 13.6. The molecule has 1 unspecified atom stereocenters. The van der Waals surface area contributed by atoms with E-state index in [9.17, 15) is 9.90 Å². The van der Waals surface area contributed by atoms with Crippen LogP contribution in [0.1, 0.15) is 38.3 Å². The van der Waals surface area contributed by atoms with Crippen molar-refractivity contribution in [2.45, 2.75) is 27.0 Å². The van der Waals surface area contributed by atoms with Crippen LogP contribution in [0.25, 0.3) is 4.83 Å². The minimum atomic E-state index is -0.936. The normalized spacial score (nSPS) is 17.8. The highest BCUT2D eigenvalue weighted by atomic mass is 32.1. The van der Waals surface area contributed by atoms with E-state index in [0.29, 0.717) is 6.61 Å². The van der Waals surface area contributed by atoms with Crippen molar-refractivity contribution < 1.29 is 14.6 Å². The Balaban J connectivity index is 2.03. The number of ether oxygens (including phenoxy) is 1. The number of hydrogen-bond donors (Lipinski definition) is 1. The Hall–Kier alpha value is -1.86. The average molecular weight is 321 g/mol. The summed E-state index contributed by atoms with van der Waals surface area (Å²) in [6.07, 6.45) is 1.04. The van der Waals surface area contributed by atoms with Gasteiger partial charge in [-0.15, -0.1) is 11.3 Å². The van der Waals surface area contributed by atoms with Crippen molar-refractivity contribution in [3.05, 3.63) is 28.9 Å². The Morgan fingerprint density at radius 2 is 2.32 bits per heavy atom. The topological polar surface area (TPSA) is 66.5 Å². The molecular weight excluding hydrogens is 302 g/mol. The molecule has 0 spiro atoms. The van der Waals surface area contributed by atoms with Crippen molar-refractivity contribution in [1.29, 1.82) is 0 Å². The van der Waals surface area contributed by atoms with Gasteiger partial charge in [0, 0.05) is 17.1 Å². The molecule has 22 heavy (non-hydrogen) atoms. The van der Waals surface area contributed by atoms with E-state index >= 15 is 0 Å². The van der Waals surface area contributed by atoms with Crippen molar-refractivity contribution >= 4 is 27.8 Å². The summed E-state index contributed by atoms with van der Waals surface area (Å²) in [6.45, 7) is 6.11. The van der Waals surface area contributed by atoms with Gasteiger partial charge in [-0.1, -0.05) is 13.8 Å². The van der Waals surface area contributed by atoms with Crippen LogP contribution in [-0.2, 0) is 9.53 Å². The lowest BCUT2D eigenvalue weighted by Crippen LogP contribution is -2.36. The quantitative estimate of drug-likeness (QED) is 0.877. The van der Waals surface area contributed by atoms with Crippen LogP contribution in [0.4, 0.5) is 0 Å². The summed E-state index contributed by atoms with van der Waals surface area (Å²) in [5.41, 5.74) is 2.58. The maximum atomic E-state index is 11.7. The maximum absolute atomic E-state index is 11.7. The van der Waals surface area contributed by atoms with Crippen LogP contribution in [-0.4, -0.2) is 39.3 Å². The zero-order valence-electron chi connectivity index (χ0n) is 12.8. The fraction of sp³-hybridized carbons (Fsp3) is 0.467. The van der Waals surface area contributed by atoms with E-state index in [2.05, 4.69) is 18.9 Å². The van der Waals surface area contributed by atoms with Gasteiger partial charge in [0.1, 0.15) is 11.4 Å². The number of rotatable bonds is 4. The average Bonchev–Trinajstić information content (AvgIpc) is 3.03. The van der Waals surface area contributed by atoms with Gasteiger partial charge in [-0.25, -0.2) is 0 Å². The van der Waals surface area contributed by atoms with Crippen LogP contribution in [0.15, 0.2) is 22.7 Å². The van der Waals surface area contributed by atoms with E-state index in [1.165, 1.54) is 5.01 Å². The van der Waals surface area contributed by atoms with E-state index in [4.69, 9.17) is 4.74 Å². The van der Waals surface area contributed by atoms with Crippen molar-refractivity contribution in [2.24, 2.45) is 11.0 Å². The monoisotopic (exact) mass is 321 g/mol. The predicted molar refractivity (Wildman–Crippen MR) is 84.9 cm³/mol. The molecule has 0 radical (unpaired) electrons. The van der Waals surface area contributed by atoms with Gasteiger partial charge >= 0.3 is 5.97 Å². The fourth-order valence-corrected chi connectivity index (χ4v) is 3.42. The van der Waals surface area contributed by atoms with E-state index < -0.39 is 12.2 Å². The van der Waals surface area contributed by atoms with Crippen LogP contribution in [0.3, 0.4) is 0 Å². The second-order valence-electron chi connectivity index (χ2n) is 5.48. The first-order chi connectivity index (χ1) is 10.5. The first-order valence-corrected chi connectivity index (χ1v) is 8.18. The third-order valence-electron chi connectivity index (χ3n) is 3.61. The highest BCUT2D eigenvalue weighted by Gasteiger charge is 2.33. The molecule has 6 nitrogen and oxygen atoms in total. The Morgan fingerprint density at radius 3 is 3.00 bits per heavy atom. The molecule has 2 aromatic heterocycles. The summed E-state index contributed by atoms with van der Waals surface area (Å²) < 4.78 is 7.00. The molecule has 1 atom stereocenters. The number of esters is 1. The van der Waals surface area contributed by atoms with Crippen LogP contribution in [0, 0.1) is 5.92 Å². The molecule has 0 fully saturated rings. The number of aromatic nitrogens is 1. The van der Waals surface area contributed by atoms with Crippen LogP contribution >= 0.6 is 11.3 Å². The Morgan fingerprint density at radius 1 is 1.55 bits per heavy atom. The molecule has 0 saturated heterocycles. The predicted octanol–water partition coefficient (Wildman–Crippen LogP) is 2.23. The maximum Gasteiger partial charge on any atom is 0.327 e. The lowest BCUT2D eigenvalue weighted by atomic mass is 10.00. The third kappa shape index (κ3) is 2.40. The molecule has 0 saturated carbocycles. The van der Waals surface area contributed by atoms with Gasteiger partial charge in [0.15, 0.2) is 6.23 Å². The van der Waals surface area contributed by atoms with Crippen molar-refractivity contribution in [3.63, 3.8) is 0 Å². The molecule has 1 N–H and O–H groups in total. The van der Waals surface area contributed by atoms with Gasteiger partial charge in [-0.3, -0.25) is 9.80 Å². The van der Waals surface area contributed by atoms with Crippen LogP contribution in [0.2, 0.25) is 0 Å². The number of thiazole rings is 1. The Kier molecular flexibility index (Phi) is 3.92. The van der Waals surface area contributed by atoms with Crippen molar-refractivity contribution in [1.82, 2.24) is 9.41 Å². The molecule has 3 rings (SSSR count). The number of fused-ring (bicyclic) bond motifs is 3. The second-order valence-corrected chi connectivity index (χ2v) is 6.40. The molecule has 1 aliphatic rings. The number of aliphatic hydroxyl groups is 1. The molecule has 0 amide bonds. The smallest absolute Gasteiger partial charge is 0.327 e. The lowest BCUT2D eigenvalue weighted by Gasteiger charge is -2.31. The van der Waals surface area contributed by atoms with Gasteiger partial charge in [0.2, 0.25) is 0 Å². The molecule has 1 aliphatic heterocycles. The lowest BCUT2D eigenvalue weighted by molar-refractivity contribution is -0.147. The number of carbonyl (C=O) groups excluding carboxylic acids is 1. The van der Waals surface area contributed by atoms with Crippen LogP contribution < -0.4 is 0 Å². The fourth-order valence-electron chi connectivity index (χ4n) is 2.64. The highest BCUT2D eigenvalue weighted by Crippen LogP contribution is 2.34. The molecule has 118 valence electrons.